The topological polar surface area (TPSA) is 39.7 Å². The molecule has 4 heteroatoms. The van der Waals surface area contributed by atoms with Crippen LogP contribution in [-0.2, 0) is 14.2 Å². The van der Waals surface area contributed by atoms with E-state index in [1.807, 2.05) is 0 Å². The highest BCUT2D eigenvalue weighted by Gasteiger charge is 2.41. The summed E-state index contributed by atoms with van der Waals surface area (Å²) in [6.07, 6.45) is 4.10. The van der Waals surface area contributed by atoms with E-state index in [0.29, 0.717) is 0 Å². The summed E-state index contributed by atoms with van der Waals surface area (Å²) in [4.78, 5) is 0. The fraction of sp³-hybridized carbons (Fsp3) is 1.00. The van der Waals surface area contributed by atoms with Crippen molar-refractivity contribution in [3.63, 3.8) is 0 Å². The molecule has 0 spiro atoms. The van der Waals surface area contributed by atoms with E-state index < -0.39 is 0 Å². The molecule has 0 saturated carbocycles. The molecule has 0 bridgehead atoms. The van der Waals surface area contributed by atoms with Crippen molar-refractivity contribution in [3.8, 4) is 0 Å². The smallest absolute Gasteiger partial charge is 0.0900 e. The van der Waals surface area contributed by atoms with E-state index in [-0.39, 0.29) is 11.6 Å². The Morgan fingerprint density at radius 1 is 1.16 bits per heavy atom. The molecule has 0 radical (unpaired) electrons. The Bertz CT molecular complexity index is 212. The lowest BCUT2D eigenvalue weighted by Crippen LogP contribution is -2.57. The summed E-state index contributed by atoms with van der Waals surface area (Å²) in [7, 11) is 0. The zero-order chi connectivity index (χ0) is 14.0. The van der Waals surface area contributed by atoms with Crippen molar-refractivity contribution in [2.24, 2.45) is 0 Å². The Morgan fingerprint density at radius 2 is 1.89 bits per heavy atom. The van der Waals surface area contributed by atoms with Crippen LogP contribution in [-0.4, -0.2) is 51.2 Å². The Balaban J connectivity index is 2.64. The summed E-state index contributed by atoms with van der Waals surface area (Å²) in [6.45, 7) is 11.3. The molecule has 4 nitrogen and oxygen atoms in total. The molecule has 0 aromatic rings. The Hall–Kier alpha value is -0.160. The monoisotopic (exact) mass is 273 g/mol. The quantitative estimate of drug-likeness (QED) is 0.620. The minimum atomic E-state index is -0.115. The average Bonchev–Trinajstić information content (AvgIpc) is 2.44. The van der Waals surface area contributed by atoms with Gasteiger partial charge in [0.25, 0.3) is 0 Å². The van der Waals surface area contributed by atoms with Crippen molar-refractivity contribution in [1.29, 1.82) is 0 Å². The second kappa shape index (κ2) is 9.70. The van der Waals surface area contributed by atoms with Crippen LogP contribution in [0.1, 0.15) is 46.5 Å². The summed E-state index contributed by atoms with van der Waals surface area (Å²) in [5, 5.41) is 3.62. The van der Waals surface area contributed by atoms with Gasteiger partial charge < -0.3 is 19.5 Å². The molecule has 19 heavy (non-hydrogen) atoms. The van der Waals surface area contributed by atoms with Gasteiger partial charge >= 0.3 is 0 Å². The molecule has 1 aliphatic heterocycles. The second-order valence-corrected chi connectivity index (χ2v) is 5.19. The highest BCUT2D eigenvalue weighted by atomic mass is 16.5. The minimum absolute atomic E-state index is 0.115. The first kappa shape index (κ1) is 16.9. The van der Waals surface area contributed by atoms with Crippen molar-refractivity contribution in [1.82, 2.24) is 5.32 Å². The third kappa shape index (κ3) is 5.38. The SMILES string of the molecule is CCCNC(COCCC)C1(OCC)CCOCC1. The van der Waals surface area contributed by atoms with Gasteiger partial charge in [-0.15, -0.1) is 0 Å². The molecule has 1 fully saturated rings. The maximum atomic E-state index is 6.14. The van der Waals surface area contributed by atoms with Crippen LogP contribution in [0.5, 0.6) is 0 Å². The molecule has 1 N–H and O–H groups in total. The van der Waals surface area contributed by atoms with Crippen molar-refractivity contribution < 1.29 is 14.2 Å². The minimum Gasteiger partial charge on any atom is -0.381 e. The van der Waals surface area contributed by atoms with Crippen LogP contribution in [0.15, 0.2) is 0 Å². The molecular weight excluding hydrogens is 242 g/mol. The van der Waals surface area contributed by atoms with E-state index in [1.54, 1.807) is 0 Å². The summed E-state index contributed by atoms with van der Waals surface area (Å²) in [5.41, 5.74) is -0.115. The molecular formula is C15H31NO3. The predicted molar refractivity (Wildman–Crippen MR) is 77.6 cm³/mol. The molecule has 1 saturated heterocycles. The van der Waals surface area contributed by atoms with Crippen LogP contribution in [0.2, 0.25) is 0 Å². The van der Waals surface area contributed by atoms with Crippen LogP contribution in [0.3, 0.4) is 0 Å². The summed E-state index contributed by atoms with van der Waals surface area (Å²) in [6, 6.07) is 0.267. The second-order valence-electron chi connectivity index (χ2n) is 5.19. The molecule has 0 aromatic carbocycles. The number of hydrogen-bond acceptors (Lipinski definition) is 4. The van der Waals surface area contributed by atoms with Crippen LogP contribution < -0.4 is 5.32 Å². The van der Waals surface area contributed by atoms with Crippen molar-refractivity contribution in [2.75, 3.05) is 39.6 Å². The Kier molecular flexibility index (Phi) is 8.62. The van der Waals surface area contributed by atoms with Gasteiger partial charge in [-0.3, -0.25) is 0 Å². The number of nitrogens with one attached hydrogen (secondary N) is 1. The average molecular weight is 273 g/mol. The molecule has 1 aliphatic rings. The Morgan fingerprint density at radius 3 is 2.47 bits per heavy atom. The van der Waals surface area contributed by atoms with E-state index in [0.717, 1.165) is 65.3 Å². The van der Waals surface area contributed by atoms with Crippen molar-refractivity contribution in [2.45, 2.75) is 58.1 Å². The fourth-order valence-corrected chi connectivity index (χ4v) is 2.66. The first-order chi connectivity index (χ1) is 9.29. The van der Waals surface area contributed by atoms with Crippen molar-refractivity contribution >= 4 is 0 Å². The van der Waals surface area contributed by atoms with E-state index >= 15 is 0 Å². The van der Waals surface area contributed by atoms with Gasteiger partial charge in [-0.2, -0.15) is 0 Å². The third-order valence-electron chi connectivity index (χ3n) is 3.68. The number of rotatable bonds is 10. The van der Waals surface area contributed by atoms with Crippen LogP contribution in [0, 0.1) is 0 Å². The molecule has 0 aliphatic carbocycles. The largest absolute Gasteiger partial charge is 0.381 e. The fourth-order valence-electron chi connectivity index (χ4n) is 2.66. The maximum Gasteiger partial charge on any atom is 0.0900 e. The normalized spacial score (nSPS) is 20.4. The molecule has 1 atom stereocenters. The van der Waals surface area contributed by atoms with E-state index in [4.69, 9.17) is 14.2 Å². The summed E-state index contributed by atoms with van der Waals surface area (Å²) >= 11 is 0. The lowest BCUT2D eigenvalue weighted by atomic mass is 9.86. The molecule has 1 rings (SSSR count). The predicted octanol–water partition coefficient (Wildman–Crippen LogP) is 2.37. The molecule has 1 unspecified atom stereocenters. The standard InChI is InChI=1S/C15H31NO3/c1-4-9-16-14(13-18-10-5-2)15(19-6-3)7-11-17-12-8-15/h14,16H,4-13H2,1-3H3. The van der Waals surface area contributed by atoms with E-state index in [9.17, 15) is 0 Å². The van der Waals surface area contributed by atoms with Gasteiger partial charge in [0.15, 0.2) is 0 Å². The highest BCUT2D eigenvalue weighted by Crippen LogP contribution is 2.29. The summed E-state index contributed by atoms with van der Waals surface area (Å²) < 4.78 is 17.4. The van der Waals surface area contributed by atoms with Gasteiger partial charge in [-0.1, -0.05) is 13.8 Å². The first-order valence-corrected chi connectivity index (χ1v) is 7.82. The van der Waals surface area contributed by atoms with Crippen molar-refractivity contribution in [3.05, 3.63) is 0 Å². The van der Waals surface area contributed by atoms with Gasteiger partial charge in [-0.25, -0.2) is 0 Å². The van der Waals surface area contributed by atoms with Gasteiger partial charge in [0.2, 0.25) is 0 Å². The molecule has 114 valence electrons. The molecule has 0 amide bonds. The zero-order valence-electron chi connectivity index (χ0n) is 12.9. The van der Waals surface area contributed by atoms with E-state index in [1.165, 1.54) is 0 Å². The molecule has 0 aromatic heterocycles. The maximum absolute atomic E-state index is 6.14. The van der Waals surface area contributed by atoms with Gasteiger partial charge in [0.05, 0.1) is 18.2 Å². The first-order valence-electron chi connectivity index (χ1n) is 7.82. The van der Waals surface area contributed by atoms with Crippen LogP contribution in [0.4, 0.5) is 0 Å². The van der Waals surface area contributed by atoms with Crippen LogP contribution >= 0.6 is 0 Å². The lowest BCUT2D eigenvalue weighted by Gasteiger charge is -2.43. The zero-order valence-corrected chi connectivity index (χ0v) is 12.9. The Labute approximate surface area is 118 Å². The van der Waals surface area contributed by atoms with Gasteiger partial charge in [0.1, 0.15) is 0 Å². The highest BCUT2D eigenvalue weighted by molar-refractivity contribution is 4.95. The number of hydrogen-bond donors (Lipinski definition) is 1. The van der Waals surface area contributed by atoms with Crippen LogP contribution in [0.25, 0.3) is 0 Å². The third-order valence-corrected chi connectivity index (χ3v) is 3.68. The number of ether oxygens (including phenoxy) is 3. The lowest BCUT2D eigenvalue weighted by molar-refractivity contribution is -0.137. The van der Waals surface area contributed by atoms with Gasteiger partial charge in [-0.05, 0) is 26.3 Å². The summed E-state index contributed by atoms with van der Waals surface area (Å²) in [5.74, 6) is 0. The molecule has 1 heterocycles. The van der Waals surface area contributed by atoms with Gasteiger partial charge in [0, 0.05) is 39.3 Å². The van der Waals surface area contributed by atoms with E-state index in [2.05, 4.69) is 26.1 Å².